The van der Waals surface area contributed by atoms with Crippen molar-refractivity contribution in [3.8, 4) is 0 Å². The molecule has 0 radical (unpaired) electrons. The predicted molar refractivity (Wildman–Crippen MR) is 43.0 cm³/mol. The molecule has 10 heavy (non-hydrogen) atoms. The van der Waals surface area contributed by atoms with Crippen LogP contribution in [0.3, 0.4) is 0 Å². The van der Waals surface area contributed by atoms with Crippen LogP contribution in [0.25, 0.3) is 0 Å². The molecule has 0 aliphatic heterocycles. The van der Waals surface area contributed by atoms with E-state index < -0.39 is 0 Å². The van der Waals surface area contributed by atoms with E-state index in [1.165, 1.54) is 19.3 Å². The fraction of sp³-hybridized carbons (Fsp3) is 1.00. The lowest BCUT2D eigenvalue weighted by Crippen LogP contribution is -2.19. The van der Waals surface area contributed by atoms with Crippen LogP contribution in [0.4, 0.5) is 0 Å². The molecule has 1 rings (SSSR count). The van der Waals surface area contributed by atoms with Gasteiger partial charge in [-0.2, -0.15) is 0 Å². The molecule has 1 fully saturated rings. The number of ether oxygens (including phenoxy) is 1. The highest BCUT2D eigenvalue weighted by atomic mass is 16.5. The van der Waals surface area contributed by atoms with Gasteiger partial charge in [0.1, 0.15) is 0 Å². The summed E-state index contributed by atoms with van der Waals surface area (Å²) in [5.41, 5.74) is 0. The average Bonchev–Trinajstić information content (AvgIpc) is 2.15. The number of hydrogen-bond donors (Lipinski definition) is 0. The Morgan fingerprint density at radius 3 is 2.40 bits per heavy atom. The topological polar surface area (TPSA) is 9.23 Å². The van der Waals surface area contributed by atoms with Crippen molar-refractivity contribution in [1.29, 1.82) is 0 Å². The average molecular weight is 142 g/mol. The molecule has 60 valence electrons. The first-order valence-electron chi connectivity index (χ1n) is 4.35. The minimum Gasteiger partial charge on any atom is -0.375 e. The van der Waals surface area contributed by atoms with Crippen molar-refractivity contribution in [2.24, 2.45) is 5.92 Å². The minimum atomic E-state index is 0.408. The third kappa shape index (κ3) is 1.98. The van der Waals surface area contributed by atoms with Gasteiger partial charge in [-0.1, -0.05) is 13.3 Å². The van der Waals surface area contributed by atoms with E-state index in [-0.39, 0.29) is 0 Å². The predicted octanol–water partition coefficient (Wildman–Crippen LogP) is 2.60. The van der Waals surface area contributed by atoms with Crippen LogP contribution in [0.15, 0.2) is 0 Å². The van der Waals surface area contributed by atoms with Crippen molar-refractivity contribution in [1.82, 2.24) is 0 Å². The molecule has 1 aliphatic carbocycles. The third-order valence-electron chi connectivity index (χ3n) is 2.23. The molecule has 1 saturated carbocycles. The van der Waals surface area contributed by atoms with Gasteiger partial charge in [0.25, 0.3) is 0 Å². The van der Waals surface area contributed by atoms with Crippen molar-refractivity contribution >= 4 is 0 Å². The second-order valence-corrected chi connectivity index (χ2v) is 3.63. The molecule has 1 heteroatoms. The normalized spacial score (nSPS) is 33.6. The summed E-state index contributed by atoms with van der Waals surface area (Å²) in [5.74, 6) is 0.794. The molecule has 0 bridgehead atoms. The lowest BCUT2D eigenvalue weighted by atomic mass is 10.1. The summed E-state index contributed by atoms with van der Waals surface area (Å²) >= 11 is 0. The molecular weight excluding hydrogens is 124 g/mol. The molecule has 0 N–H and O–H groups in total. The van der Waals surface area contributed by atoms with Gasteiger partial charge in [-0.05, 0) is 32.6 Å². The Balaban J connectivity index is 2.26. The van der Waals surface area contributed by atoms with Crippen molar-refractivity contribution in [3.05, 3.63) is 0 Å². The largest absolute Gasteiger partial charge is 0.375 e. The zero-order valence-electron chi connectivity index (χ0n) is 7.26. The maximum absolute atomic E-state index is 5.72. The summed E-state index contributed by atoms with van der Waals surface area (Å²) in [6.07, 6.45) is 4.96. The monoisotopic (exact) mass is 142 g/mol. The molecule has 0 amide bonds. The van der Waals surface area contributed by atoms with Crippen LogP contribution in [0.5, 0.6) is 0 Å². The van der Waals surface area contributed by atoms with Crippen molar-refractivity contribution in [3.63, 3.8) is 0 Å². The highest BCUT2D eigenvalue weighted by Gasteiger charge is 2.24. The summed E-state index contributed by atoms with van der Waals surface area (Å²) in [4.78, 5) is 0. The quantitative estimate of drug-likeness (QED) is 0.576. The van der Waals surface area contributed by atoms with Crippen LogP contribution in [-0.4, -0.2) is 12.2 Å². The molecule has 0 unspecified atom stereocenters. The lowest BCUT2D eigenvalue weighted by Gasteiger charge is -2.18. The zero-order valence-corrected chi connectivity index (χ0v) is 7.26. The van der Waals surface area contributed by atoms with Gasteiger partial charge in [0, 0.05) is 0 Å². The van der Waals surface area contributed by atoms with Crippen molar-refractivity contribution in [2.75, 3.05) is 0 Å². The van der Waals surface area contributed by atoms with E-state index in [0.29, 0.717) is 12.2 Å². The van der Waals surface area contributed by atoms with E-state index in [9.17, 15) is 0 Å². The molecule has 0 spiro atoms. The fourth-order valence-electron chi connectivity index (χ4n) is 1.66. The molecule has 1 aliphatic rings. The van der Waals surface area contributed by atoms with Crippen LogP contribution in [0.1, 0.15) is 40.0 Å². The van der Waals surface area contributed by atoms with Crippen LogP contribution >= 0.6 is 0 Å². The van der Waals surface area contributed by atoms with E-state index in [1.807, 2.05) is 0 Å². The van der Waals surface area contributed by atoms with Crippen molar-refractivity contribution in [2.45, 2.75) is 52.2 Å². The zero-order chi connectivity index (χ0) is 7.56. The van der Waals surface area contributed by atoms with Gasteiger partial charge in [-0.15, -0.1) is 0 Å². The van der Waals surface area contributed by atoms with Gasteiger partial charge in [0.2, 0.25) is 0 Å². The van der Waals surface area contributed by atoms with Crippen LogP contribution in [0, 0.1) is 5.92 Å². The molecule has 0 saturated heterocycles. The van der Waals surface area contributed by atoms with Crippen LogP contribution < -0.4 is 0 Å². The van der Waals surface area contributed by atoms with Crippen molar-refractivity contribution < 1.29 is 4.74 Å². The Labute approximate surface area is 63.8 Å². The first kappa shape index (κ1) is 8.06. The van der Waals surface area contributed by atoms with Gasteiger partial charge >= 0.3 is 0 Å². The fourth-order valence-corrected chi connectivity index (χ4v) is 1.66. The van der Waals surface area contributed by atoms with E-state index in [1.54, 1.807) is 0 Å². The van der Waals surface area contributed by atoms with E-state index in [4.69, 9.17) is 4.74 Å². The Hall–Kier alpha value is -0.0400. The highest BCUT2D eigenvalue weighted by Crippen LogP contribution is 2.28. The van der Waals surface area contributed by atoms with Gasteiger partial charge in [0.05, 0.1) is 12.2 Å². The van der Waals surface area contributed by atoms with E-state index in [2.05, 4.69) is 20.8 Å². The Morgan fingerprint density at radius 1 is 1.30 bits per heavy atom. The lowest BCUT2D eigenvalue weighted by molar-refractivity contribution is -0.00908. The van der Waals surface area contributed by atoms with Gasteiger partial charge in [-0.25, -0.2) is 0 Å². The number of rotatable bonds is 2. The van der Waals surface area contributed by atoms with Crippen LogP contribution in [-0.2, 0) is 4.74 Å². The molecule has 1 nitrogen and oxygen atoms in total. The van der Waals surface area contributed by atoms with E-state index in [0.717, 1.165) is 5.92 Å². The first-order chi connectivity index (χ1) is 4.70. The summed E-state index contributed by atoms with van der Waals surface area (Å²) in [7, 11) is 0. The molecule has 0 aromatic carbocycles. The minimum absolute atomic E-state index is 0.408. The summed E-state index contributed by atoms with van der Waals surface area (Å²) < 4.78 is 5.72. The second kappa shape index (κ2) is 3.38. The maximum Gasteiger partial charge on any atom is 0.0604 e. The smallest absolute Gasteiger partial charge is 0.0604 e. The second-order valence-electron chi connectivity index (χ2n) is 3.63. The first-order valence-corrected chi connectivity index (χ1v) is 4.35. The van der Waals surface area contributed by atoms with Gasteiger partial charge < -0.3 is 4.74 Å². The molecular formula is C9H18O. The number of hydrogen-bond acceptors (Lipinski definition) is 1. The summed E-state index contributed by atoms with van der Waals surface area (Å²) in [6, 6.07) is 0. The molecule has 2 atom stereocenters. The highest BCUT2D eigenvalue weighted by molar-refractivity contribution is 4.74. The summed E-state index contributed by atoms with van der Waals surface area (Å²) in [6.45, 7) is 6.52. The molecule has 0 aromatic rings. The summed E-state index contributed by atoms with van der Waals surface area (Å²) in [5, 5.41) is 0. The third-order valence-corrected chi connectivity index (χ3v) is 2.23. The Bertz CT molecular complexity index is 98.9. The van der Waals surface area contributed by atoms with Gasteiger partial charge in [0.15, 0.2) is 0 Å². The maximum atomic E-state index is 5.72. The van der Waals surface area contributed by atoms with E-state index >= 15 is 0 Å². The van der Waals surface area contributed by atoms with Gasteiger partial charge in [-0.3, -0.25) is 0 Å². The molecule has 0 aromatic heterocycles. The molecule has 0 heterocycles. The standard InChI is InChI=1S/C9H18O/c1-7(2)10-9-6-4-5-8(9)3/h7-9H,4-6H2,1-3H3/t8-,9-/m0/s1. The van der Waals surface area contributed by atoms with Crippen LogP contribution in [0.2, 0.25) is 0 Å². The Morgan fingerprint density at radius 2 is 2.00 bits per heavy atom. The Kier molecular flexibility index (Phi) is 2.72. The SMILES string of the molecule is CC(C)O[C@H]1CCC[C@@H]1C.